The molecule has 0 radical (unpaired) electrons. The predicted octanol–water partition coefficient (Wildman–Crippen LogP) is 1.04. The molecule has 1 unspecified atom stereocenters. The molecule has 1 fully saturated rings. The van der Waals surface area contributed by atoms with Gasteiger partial charge in [-0.15, -0.1) is 0 Å². The second-order valence-electron chi connectivity index (χ2n) is 4.22. The molecule has 1 heterocycles. The number of carbonyl (C=O) groups is 2. The molecule has 4 N–H and O–H groups in total. The van der Waals surface area contributed by atoms with Gasteiger partial charge in [-0.05, 0) is 34.5 Å². The molecule has 0 aliphatic carbocycles. The van der Waals surface area contributed by atoms with Gasteiger partial charge in [0.05, 0.1) is 10.0 Å². The topological polar surface area (TPSA) is 84.2 Å². The lowest BCUT2D eigenvalue weighted by atomic mass is 10.1. The van der Waals surface area contributed by atoms with Crippen molar-refractivity contribution in [2.24, 2.45) is 0 Å². The molecule has 0 bridgehead atoms. The number of rotatable bonds is 2. The van der Waals surface area contributed by atoms with Gasteiger partial charge in [0.1, 0.15) is 0 Å². The maximum Gasteiger partial charge on any atom is 0.252 e. The van der Waals surface area contributed by atoms with Gasteiger partial charge in [-0.1, -0.05) is 6.07 Å². The largest absolute Gasteiger partial charge is 0.398 e. The van der Waals surface area contributed by atoms with Gasteiger partial charge in [0.15, 0.2) is 0 Å². The van der Waals surface area contributed by atoms with Gasteiger partial charge in [0.25, 0.3) is 5.91 Å². The minimum absolute atomic E-state index is 0.0245. The van der Waals surface area contributed by atoms with E-state index in [4.69, 9.17) is 5.73 Å². The summed E-state index contributed by atoms with van der Waals surface area (Å²) in [5.74, 6) is -0.152. The molecular weight excluding hydrogens is 298 g/mol. The van der Waals surface area contributed by atoms with Crippen molar-refractivity contribution in [3.05, 3.63) is 28.2 Å². The summed E-state index contributed by atoms with van der Waals surface area (Å²) in [5, 5.41) is 5.61. The summed E-state index contributed by atoms with van der Waals surface area (Å²) in [7, 11) is 0. The summed E-state index contributed by atoms with van der Waals surface area (Å²) in [6, 6.07) is 5.14. The van der Waals surface area contributed by atoms with Crippen LogP contribution >= 0.6 is 15.9 Å². The van der Waals surface area contributed by atoms with Gasteiger partial charge in [-0.2, -0.15) is 0 Å². The number of anilines is 1. The van der Waals surface area contributed by atoms with Crippen molar-refractivity contribution in [3.8, 4) is 0 Å². The Bertz CT molecular complexity index is 480. The van der Waals surface area contributed by atoms with Gasteiger partial charge in [-0.25, -0.2) is 0 Å². The van der Waals surface area contributed by atoms with Gasteiger partial charge < -0.3 is 16.4 Å². The zero-order valence-corrected chi connectivity index (χ0v) is 11.3. The summed E-state index contributed by atoms with van der Waals surface area (Å²) in [6.07, 6.45) is 1.11. The van der Waals surface area contributed by atoms with Crippen LogP contribution in [0.5, 0.6) is 0 Å². The Morgan fingerprint density at radius 1 is 1.50 bits per heavy atom. The number of nitrogen functional groups attached to an aromatic ring is 1. The van der Waals surface area contributed by atoms with Crippen molar-refractivity contribution in [3.63, 3.8) is 0 Å². The summed E-state index contributed by atoms with van der Waals surface area (Å²) in [6.45, 7) is 0.477. The van der Waals surface area contributed by atoms with Crippen LogP contribution in [-0.4, -0.2) is 24.4 Å². The van der Waals surface area contributed by atoms with Crippen LogP contribution in [-0.2, 0) is 4.79 Å². The Kier molecular flexibility index (Phi) is 3.86. The van der Waals surface area contributed by atoms with E-state index in [0.717, 1.165) is 0 Å². The molecule has 18 heavy (non-hydrogen) atoms. The van der Waals surface area contributed by atoms with E-state index in [9.17, 15) is 9.59 Å². The standard InChI is InChI=1S/C12H14BrN3O2/c13-11-8(2-1-3-9(11)14)12(18)16-7-4-5-10(17)15-6-7/h1-3,7H,4-6,14H2,(H,15,17)(H,16,18). The molecule has 1 aliphatic heterocycles. The first-order chi connectivity index (χ1) is 8.58. The third-order valence-corrected chi connectivity index (χ3v) is 3.76. The Balaban J connectivity index is 2.03. The van der Waals surface area contributed by atoms with Crippen molar-refractivity contribution >= 4 is 33.4 Å². The normalized spacial score (nSPS) is 19.2. The van der Waals surface area contributed by atoms with E-state index in [1.165, 1.54) is 0 Å². The lowest BCUT2D eigenvalue weighted by Gasteiger charge is -2.23. The summed E-state index contributed by atoms with van der Waals surface area (Å²) >= 11 is 3.30. The maximum absolute atomic E-state index is 12.1. The van der Waals surface area contributed by atoms with Crippen LogP contribution in [0.2, 0.25) is 0 Å². The van der Waals surface area contributed by atoms with Crippen molar-refractivity contribution < 1.29 is 9.59 Å². The van der Waals surface area contributed by atoms with Crippen LogP contribution < -0.4 is 16.4 Å². The molecule has 0 spiro atoms. The average Bonchev–Trinajstić information content (AvgIpc) is 2.35. The second-order valence-corrected chi connectivity index (χ2v) is 5.01. The number of benzene rings is 1. The van der Waals surface area contributed by atoms with Crippen LogP contribution in [0.15, 0.2) is 22.7 Å². The first kappa shape index (κ1) is 12.9. The number of hydrogen-bond donors (Lipinski definition) is 3. The molecule has 96 valence electrons. The van der Waals surface area contributed by atoms with E-state index < -0.39 is 0 Å². The number of piperidine rings is 1. The van der Waals surface area contributed by atoms with Crippen molar-refractivity contribution in [2.75, 3.05) is 12.3 Å². The van der Waals surface area contributed by atoms with E-state index in [-0.39, 0.29) is 17.9 Å². The van der Waals surface area contributed by atoms with E-state index >= 15 is 0 Å². The molecule has 1 aromatic rings. The lowest BCUT2D eigenvalue weighted by molar-refractivity contribution is -0.122. The zero-order valence-electron chi connectivity index (χ0n) is 9.70. The first-order valence-electron chi connectivity index (χ1n) is 5.69. The maximum atomic E-state index is 12.1. The van der Waals surface area contributed by atoms with Crippen LogP contribution in [0, 0.1) is 0 Å². The molecule has 0 saturated carbocycles. The number of halogens is 1. The highest BCUT2D eigenvalue weighted by molar-refractivity contribution is 9.10. The molecule has 0 aromatic heterocycles. The smallest absolute Gasteiger partial charge is 0.252 e. The molecule has 2 rings (SSSR count). The number of carbonyl (C=O) groups excluding carboxylic acids is 2. The van der Waals surface area contributed by atoms with Gasteiger partial charge in [0.2, 0.25) is 5.91 Å². The molecule has 5 nitrogen and oxygen atoms in total. The van der Waals surface area contributed by atoms with E-state index in [0.29, 0.717) is 35.1 Å². The van der Waals surface area contributed by atoms with Crippen LogP contribution in [0.1, 0.15) is 23.2 Å². The third-order valence-electron chi connectivity index (χ3n) is 2.87. The second kappa shape index (κ2) is 5.39. The van der Waals surface area contributed by atoms with Gasteiger partial charge >= 0.3 is 0 Å². The minimum atomic E-state index is -0.185. The predicted molar refractivity (Wildman–Crippen MR) is 72.1 cm³/mol. The Hall–Kier alpha value is -1.56. The van der Waals surface area contributed by atoms with Crippen LogP contribution in [0.25, 0.3) is 0 Å². The quantitative estimate of drug-likeness (QED) is 0.714. The Morgan fingerprint density at radius 3 is 2.94 bits per heavy atom. The zero-order chi connectivity index (χ0) is 13.1. The molecule has 1 aromatic carbocycles. The van der Waals surface area contributed by atoms with Gasteiger partial charge in [0, 0.05) is 24.7 Å². The number of nitrogens with two attached hydrogens (primary N) is 1. The van der Waals surface area contributed by atoms with Crippen LogP contribution in [0.4, 0.5) is 5.69 Å². The highest BCUT2D eigenvalue weighted by Gasteiger charge is 2.21. The lowest BCUT2D eigenvalue weighted by Crippen LogP contribution is -2.47. The number of hydrogen-bond acceptors (Lipinski definition) is 3. The van der Waals surface area contributed by atoms with Crippen molar-refractivity contribution in [1.29, 1.82) is 0 Å². The number of amides is 2. The molecular formula is C12H14BrN3O2. The summed E-state index contributed by atoms with van der Waals surface area (Å²) < 4.78 is 0.599. The van der Waals surface area contributed by atoms with E-state index in [1.54, 1.807) is 18.2 Å². The Labute approximate surface area is 113 Å². The molecule has 2 amide bonds. The van der Waals surface area contributed by atoms with E-state index in [2.05, 4.69) is 26.6 Å². The summed E-state index contributed by atoms with van der Waals surface area (Å²) in [4.78, 5) is 23.1. The fourth-order valence-electron chi connectivity index (χ4n) is 1.84. The molecule has 1 saturated heterocycles. The fraction of sp³-hybridized carbons (Fsp3) is 0.333. The molecule has 6 heteroatoms. The van der Waals surface area contributed by atoms with E-state index in [1.807, 2.05) is 0 Å². The Morgan fingerprint density at radius 2 is 2.28 bits per heavy atom. The van der Waals surface area contributed by atoms with Crippen molar-refractivity contribution in [2.45, 2.75) is 18.9 Å². The third kappa shape index (κ3) is 2.81. The SMILES string of the molecule is Nc1cccc(C(=O)NC2CCC(=O)NC2)c1Br. The number of nitrogens with one attached hydrogen (secondary N) is 2. The highest BCUT2D eigenvalue weighted by atomic mass is 79.9. The average molecular weight is 312 g/mol. The van der Waals surface area contributed by atoms with Crippen LogP contribution in [0.3, 0.4) is 0 Å². The minimum Gasteiger partial charge on any atom is -0.398 e. The first-order valence-corrected chi connectivity index (χ1v) is 6.49. The highest BCUT2D eigenvalue weighted by Crippen LogP contribution is 2.23. The molecule has 1 atom stereocenters. The fourth-order valence-corrected chi connectivity index (χ4v) is 2.29. The van der Waals surface area contributed by atoms with Gasteiger partial charge in [-0.3, -0.25) is 9.59 Å². The molecule has 1 aliphatic rings. The summed E-state index contributed by atoms with van der Waals surface area (Å²) in [5.41, 5.74) is 6.76. The van der Waals surface area contributed by atoms with Crippen molar-refractivity contribution in [1.82, 2.24) is 10.6 Å². The monoisotopic (exact) mass is 311 g/mol.